The quantitative estimate of drug-likeness (QED) is 0.595. The highest BCUT2D eigenvalue weighted by Crippen LogP contribution is 2.28. The molecule has 1 unspecified atom stereocenters. The van der Waals surface area contributed by atoms with Crippen LogP contribution in [0.5, 0.6) is 0 Å². The second kappa shape index (κ2) is 5.29. The zero-order valence-electron chi connectivity index (χ0n) is 10.5. The SMILES string of the molecule is NC(=O)C1CC(=O)N(c2c(C(=O)O)cnn2CCO)C1. The minimum atomic E-state index is -1.24. The van der Waals surface area contributed by atoms with Gasteiger partial charge in [0.2, 0.25) is 11.8 Å². The molecule has 1 aliphatic rings. The Hall–Kier alpha value is -2.42. The van der Waals surface area contributed by atoms with E-state index in [2.05, 4.69) is 5.10 Å². The van der Waals surface area contributed by atoms with Crippen LogP contribution in [0, 0.1) is 5.92 Å². The summed E-state index contributed by atoms with van der Waals surface area (Å²) >= 11 is 0. The Labute approximate surface area is 113 Å². The van der Waals surface area contributed by atoms with E-state index in [1.54, 1.807) is 0 Å². The number of aliphatic hydroxyl groups excluding tert-OH is 1. The highest BCUT2D eigenvalue weighted by Gasteiger charge is 2.37. The Kier molecular flexibility index (Phi) is 3.70. The third kappa shape index (κ3) is 2.35. The Morgan fingerprint density at radius 1 is 1.50 bits per heavy atom. The summed E-state index contributed by atoms with van der Waals surface area (Å²) < 4.78 is 1.23. The number of nitrogens with two attached hydrogens (primary N) is 1. The summed E-state index contributed by atoms with van der Waals surface area (Å²) in [6.07, 6.45) is 1.05. The van der Waals surface area contributed by atoms with Crippen molar-refractivity contribution in [3.05, 3.63) is 11.8 Å². The van der Waals surface area contributed by atoms with E-state index >= 15 is 0 Å². The van der Waals surface area contributed by atoms with Gasteiger partial charge in [-0.2, -0.15) is 5.10 Å². The van der Waals surface area contributed by atoms with Gasteiger partial charge in [-0.15, -0.1) is 0 Å². The number of aliphatic hydroxyl groups is 1. The average molecular weight is 282 g/mol. The van der Waals surface area contributed by atoms with Gasteiger partial charge in [0, 0.05) is 13.0 Å². The minimum absolute atomic E-state index is 0.0194. The van der Waals surface area contributed by atoms with Crippen molar-refractivity contribution in [3.63, 3.8) is 0 Å². The molecule has 0 aliphatic carbocycles. The molecule has 2 amide bonds. The molecule has 0 saturated carbocycles. The minimum Gasteiger partial charge on any atom is -0.477 e. The second-order valence-electron chi connectivity index (χ2n) is 4.44. The first kappa shape index (κ1) is 14.0. The van der Waals surface area contributed by atoms with Crippen molar-refractivity contribution < 1.29 is 24.6 Å². The van der Waals surface area contributed by atoms with Gasteiger partial charge in [0.15, 0.2) is 0 Å². The molecule has 1 atom stereocenters. The number of aromatic nitrogens is 2. The molecule has 20 heavy (non-hydrogen) atoms. The van der Waals surface area contributed by atoms with E-state index in [-0.39, 0.29) is 37.5 Å². The number of carbonyl (C=O) groups excluding carboxylic acids is 2. The lowest BCUT2D eigenvalue weighted by Gasteiger charge is -2.18. The molecule has 0 bridgehead atoms. The molecule has 1 aromatic heterocycles. The van der Waals surface area contributed by atoms with Crippen LogP contribution in [0.15, 0.2) is 6.20 Å². The summed E-state index contributed by atoms with van der Waals surface area (Å²) in [5.41, 5.74) is 5.02. The summed E-state index contributed by atoms with van der Waals surface area (Å²) in [4.78, 5) is 35.5. The second-order valence-corrected chi connectivity index (χ2v) is 4.44. The lowest BCUT2D eigenvalue weighted by Crippen LogP contribution is -2.31. The van der Waals surface area contributed by atoms with Crippen LogP contribution in [0.3, 0.4) is 0 Å². The highest BCUT2D eigenvalue weighted by molar-refractivity contribution is 6.04. The van der Waals surface area contributed by atoms with E-state index in [4.69, 9.17) is 15.9 Å². The Bertz CT molecular complexity index is 567. The van der Waals surface area contributed by atoms with E-state index in [1.165, 1.54) is 9.58 Å². The van der Waals surface area contributed by atoms with Crippen molar-refractivity contribution in [2.24, 2.45) is 11.7 Å². The third-order valence-corrected chi connectivity index (χ3v) is 3.14. The smallest absolute Gasteiger partial charge is 0.341 e. The number of hydrogen-bond donors (Lipinski definition) is 3. The van der Waals surface area contributed by atoms with Crippen molar-refractivity contribution in [1.29, 1.82) is 0 Å². The maximum Gasteiger partial charge on any atom is 0.341 e. The number of carboxylic acid groups (broad SMARTS) is 1. The molecule has 0 aromatic carbocycles. The molecule has 1 aliphatic heterocycles. The van der Waals surface area contributed by atoms with Gasteiger partial charge in [0.25, 0.3) is 0 Å². The van der Waals surface area contributed by atoms with E-state index in [0.717, 1.165) is 6.20 Å². The first-order valence-corrected chi connectivity index (χ1v) is 5.95. The summed E-state index contributed by atoms with van der Waals surface area (Å²) in [5.74, 6) is -2.82. The zero-order valence-corrected chi connectivity index (χ0v) is 10.5. The largest absolute Gasteiger partial charge is 0.477 e. The fourth-order valence-electron chi connectivity index (χ4n) is 2.18. The number of amides is 2. The number of hydrogen-bond acceptors (Lipinski definition) is 5. The van der Waals surface area contributed by atoms with Crippen LogP contribution < -0.4 is 10.6 Å². The number of carbonyl (C=O) groups is 3. The lowest BCUT2D eigenvalue weighted by atomic mass is 10.1. The predicted molar refractivity (Wildman–Crippen MR) is 65.9 cm³/mol. The molecular weight excluding hydrogens is 268 g/mol. The number of primary amides is 1. The van der Waals surface area contributed by atoms with Crippen molar-refractivity contribution in [1.82, 2.24) is 9.78 Å². The molecule has 1 fully saturated rings. The predicted octanol–water partition coefficient (Wildman–Crippen LogP) is -1.59. The van der Waals surface area contributed by atoms with Crippen LogP contribution in [0.4, 0.5) is 5.82 Å². The van der Waals surface area contributed by atoms with E-state index in [9.17, 15) is 14.4 Å². The van der Waals surface area contributed by atoms with Crippen LogP contribution in [0.2, 0.25) is 0 Å². The molecule has 0 spiro atoms. The molecule has 9 heteroatoms. The molecule has 2 heterocycles. The Balaban J connectivity index is 2.40. The fraction of sp³-hybridized carbons (Fsp3) is 0.455. The van der Waals surface area contributed by atoms with Crippen LogP contribution in [-0.2, 0) is 16.1 Å². The highest BCUT2D eigenvalue weighted by atomic mass is 16.4. The van der Waals surface area contributed by atoms with Crippen molar-refractivity contribution in [2.45, 2.75) is 13.0 Å². The van der Waals surface area contributed by atoms with Gasteiger partial charge in [-0.1, -0.05) is 0 Å². The molecule has 4 N–H and O–H groups in total. The van der Waals surface area contributed by atoms with Gasteiger partial charge in [-0.25, -0.2) is 9.48 Å². The number of aromatic carboxylic acids is 1. The number of rotatable bonds is 5. The number of carboxylic acids is 1. The van der Waals surface area contributed by atoms with Crippen LogP contribution >= 0.6 is 0 Å². The Morgan fingerprint density at radius 3 is 2.70 bits per heavy atom. The molecule has 9 nitrogen and oxygen atoms in total. The summed E-state index contributed by atoms with van der Waals surface area (Å²) in [7, 11) is 0. The molecule has 108 valence electrons. The van der Waals surface area contributed by atoms with Gasteiger partial charge in [0.05, 0.1) is 25.3 Å². The maximum atomic E-state index is 11.9. The monoisotopic (exact) mass is 282 g/mol. The lowest BCUT2D eigenvalue weighted by molar-refractivity contribution is -0.123. The summed E-state index contributed by atoms with van der Waals surface area (Å²) in [6, 6.07) is 0. The first-order valence-electron chi connectivity index (χ1n) is 5.95. The normalized spacial score (nSPS) is 18.6. The van der Waals surface area contributed by atoms with E-state index in [1.807, 2.05) is 0 Å². The Morgan fingerprint density at radius 2 is 2.20 bits per heavy atom. The van der Waals surface area contributed by atoms with Gasteiger partial charge in [0.1, 0.15) is 11.4 Å². The van der Waals surface area contributed by atoms with Crippen molar-refractivity contribution in [3.8, 4) is 0 Å². The molecular formula is C11H14N4O5. The number of nitrogens with zero attached hydrogens (tertiary/aromatic N) is 3. The van der Waals surface area contributed by atoms with Gasteiger partial charge >= 0.3 is 5.97 Å². The first-order chi connectivity index (χ1) is 9.45. The molecule has 2 rings (SSSR count). The summed E-state index contributed by atoms with van der Waals surface area (Å²) in [5, 5.41) is 21.9. The van der Waals surface area contributed by atoms with Crippen molar-refractivity contribution >= 4 is 23.6 Å². The number of anilines is 1. The fourth-order valence-corrected chi connectivity index (χ4v) is 2.18. The van der Waals surface area contributed by atoms with E-state index in [0.29, 0.717) is 0 Å². The van der Waals surface area contributed by atoms with Gasteiger partial charge in [-0.3, -0.25) is 14.5 Å². The topological polar surface area (TPSA) is 139 Å². The third-order valence-electron chi connectivity index (χ3n) is 3.14. The van der Waals surface area contributed by atoms with Gasteiger partial charge < -0.3 is 15.9 Å². The average Bonchev–Trinajstić information content (AvgIpc) is 2.93. The van der Waals surface area contributed by atoms with E-state index < -0.39 is 23.7 Å². The molecule has 1 aromatic rings. The molecule has 1 saturated heterocycles. The van der Waals surface area contributed by atoms with Gasteiger partial charge in [-0.05, 0) is 0 Å². The molecule has 0 radical (unpaired) electrons. The van der Waals surface area contributed by atoms with Crippen LogP contribution in [0.25, 0.3) is 0 Å². The standard InChI is InChI=1S/C11H14N4O5/c12-9(18)6-3-8(17)14(5-6)10-7(11(19)20)4-13-15(10)1-2-16/h4,6,16H,1-3,5H2,(H2,12,18)(H,19,20). The van der Waals surface area contributed by atoms with Crippen LogP contribution in [-0.4, -0.2) is 50.9 Å². The van der Waals surface area contributed by atoms with Crippen molar-refractivity contribution in [2.75, 3.05) is 18.1 Å². The maximum absolute atomic E-state index is 11.9. The summed E-state index contributed by atoms with van der Waals surface area (Å²) in [6.45, 7) is -0.186. The van der Waals surface area contributed by atoms with Crippen LogP contribution in [0.1, 0.15) is 16.8 Å². The zero-order chi connectivity index (χ0) is 14.9.